The smallest absolute Gasteiger partial charge is 0.346 e. The van der Waals surface area contributed by atoms with Gasteiger partial charge in [0, 0.05) is 13.5 Å². The van der Waals surface area contributed by atoms with Gasteiger partial charge in [0.2, 0.25) is 0 Å². The van der Waals surface area contributed by atoms with Crippen molar-refractivity contribution in [2.45, 2.75) is 20.4 Å². The summed E-state index contributed by atoms with van der Waals surface area (Å²) in [5, 5.41) is 0. The number of benzene rings is 1. The Labute approximate surface area is 88.0 Å². The van der Waals surface area contributed by atoms with Crippen LogP contribution in [0.2, 0.25) is 0 Å². The molecule has 1 aromatic rings. The summed E-state index contributed by atoms with van der Waals surface area (Å²) in [6, 6.07) is 5.16. The predicted molar refractivity (Wildman–Crippen MR) is 55.2 cm³/mol. The fourth-order valence-corrected chi connectivity index (χ4v) is 1.31. The third-order valence-corrected chi connectivity index (χ3v) is 2.12. The Bertz CT molecular complexity index is 399. The highest BCUT2D eigenvalue weighted by Gasteiger charge is 2.13. The highest BCUT2D eigenvalue weighted by atomic mass is 16.6. The van der Waals surface area contributed by atoms with Crippen LogP contribution in [-0.2, 0) is 16.1 Å². The van der Waals surface area contributed by atoms with Crippen molar-refractivity contribution in [3.8, 4) is 0 Å². The summed E-state index contributed by atoms with van der Waals surface area (Å²) >= 11 is 0. The molecule has 0 aliphatic heterocycles. The van der Waals surface area contributed by atoms with Gasteiger partial charge in [0.25, 0.3) is 0 Å². The van der Waals surface area contributed by atoms with Crippen molar-refractivity contribution >= 4 is 11.9 Å². The van der Waals surface area contributed by atoms with E-state index in [1.165, 1.54) is 6.92 Å². The maximum atomic E-state index is 11.5. The van der Waals surface area contributed by atoms with Gasteiger partial charge in [-0.05, 0) is 24.1 Å². The van der Waals surface area contributed by atoms with E-state index in [0.29, 0.717) is 12.1 Å². The molecule has 0 amide bonds. The maximum Gasteiger partial charge on any atom is 0.346 e. The number of esters is 2. The summed E-state index contributed by atoms with van der Waals surface area (Å²) in [5.41, 5.74) is 7.51. The molecule has 0 fully saturated rings. The first-order valence-electron chi connectivity index (χ1n) is 4.57. The van der Waals surface area contributed by atoms with Crippen LogP contribution in [0.25, 0.3) is 0 Å². The van der Waals surface area contributed by atoms with Gasteiger partial charge in [0.05, 0.1) is 5.56 Å². The van der Waals surface area contributed by atoms with Crippen molar-refractivity contribution in [2.75, 3.05) is 0 Å². The van der Waals surface area contributed by atoms with E-state index in [2.05, 4.69) is 4.74 Å². The molecule has 0 atom stereocenters. The van der Waals surface area contributed by atoms with Crippen molar-refractivity contribution < 1.29 is 14.3 Å². The van der Waals surface area contributed by atoms with Crippen LogP contribution in [0, 0.1) is 6.92 Å². The van der Waals surface area contributed by atoms with Crippen LogP contribution >= 0.6 is 0 Å². The van der Waals surface area contributed by atoms with Crippen LogP contribution < -0.4 is 5.73 Å². The zero-order valence-electron chi connectivity index (χ0n) is 8.74. The van der Waals surface area contributed by atoms with Crippen LogP contribution in [0.4, 0.5) is 0 Å². The number of hydrogen-bond donors (Lipinski definition) is 1. The molecule has 15 heavy (non-hydrogen) atoms. The molecule has 0 aliphatic rings. The van der Waals surface area contributed by atoms with Crippen LogP contribution in [0.3, 0.4) is 0 Å². The summed E-state index contributed by atoms with van der Waals surface area (Å²) in [6.45, 7) is 3.33. The molecule has 4 heteroatoms. The third kappa shape index (κ3) is 2.63. The SMILES string of the molecule is CC(=O)OC(=O)c1cccc(CN)c1C. The molecular weight excluding hydrogens is 194 g/mol. The minimum atomic E-state index is -0.629. The molecular formula is C11H13NO3. The normalized spacial score (nSPS) is 9.80. The monoisotopic (exact) mass is 207 g/mol. The summed E-state index contributed by atoms with van der Waals surface area (Å²) in [6.07, 6.45) is 0. The number of ether oxygens (including phenoxy) is 1. The van der Waals surface area contributed by atoms with Crippen molar-refractivity contribution in [1.29, 1.82) is 0 Å². The van der Waals surface area contributed by atoms with E-state index in [0.717, 1.165) is 11.1 Å². The number of hydrogen-bond acceptors (Lipinski definition) is 4. The van der Waals surface area contributed by atoms with Crippen LogP contribution in [-0.4, -0.2) is 11.9 Å². The van der Waals surface area contributed by atoms with Gasteiger partial charge in [0.15, 0.2) is 0 Å². The minimum Gasteiger partial charge on any atom is -0.390 e. The molecule has 0 spiro atoms. The largest absolute Gasteiger partial charge is 0.390 e. The van der Waals surface area contributed by atoms with Gasteiger partial charge in [-0.25, -0.2) is 4.79 Å². The molecule has 0 aromatic heterocycles. The molecule has 0 bridgehead atoms. The first-order chi connectivity index (χ1) is 7.06. The van der Waals surface area contributed by atoms with Crippen molar-refractivity contribution in [1.82, 2.24) is 0 Å². The Morgan fingerprint density at radius 2 is 2.07 bits per heavy atom. The first-order valence-corrected chi connectivity index (χ1v) is 4.57. The summed E-state index contributed by atoms with van der Waals surface area (Å²) < 4.78 is 4.50. The lowest BCUT2D eigenvalue weighted by Crippen LogP contribution is -2.12. The maximum absolute atomic E-state index is 11.5. The predicted octanol–water partition coefficient (Wildman–Crippen LogP) is 1.16. The molecule has 80 valence electrons. The van der Waals surface area contributed by atoms with E-state index in [9.17, 15) is 9.59 Å². The van der Waals surface area contributed by atoms with E-state index < -0.39 is 11.9 Å². The van der Waals surface area contributed by atoms with E-state index in [4.69, 9.17) is 5.73 Å². The van der Waals surface area contributed by atoms with E-state index in [1.54, 1.807) is 19.1 Å². The minimum absolute atomic E-state index is 0.354. The quantitative estimate of drug-likeness (QED) is 0.583. The lowest BCUT2D eigenvalue weighted by atomic mass is 10.0. The van der Waals surface area contributed by atoms with E-state index >= 15 is 0 Å². The van der Waals surface area contributed by atoms with Gasteiger partial charge in [0.1, 0.15) is 0 Å². The highest BCUT2D eigenvalue weighted by Crippen LogP contribution is 2.14. The molecule has 0 saturated carbocycles. The Balaban J connectivity index is 3.04. The summed E-state index contributed by atoms with van der Waals surface area (Å²) in [5.74, 6) is -1.24. The molecule has 0 saturated heterocycles. The van der Waals surface area contributed by atoms with Crippen LogP contribution in [0.1, 0.15) is 28.4 Å². The van der Waals surface area contributed by atoms with Gasteiger partial charge in [-0.15, -0.1) is 0 Å². The molecule has 0 unspecified atom stereocenters. The molecule has 1 rings (SSSR count). The lowest BCUT2D eigenvalue weighted by molar-refractivity contribution is -0.135. The van der Waals surface area contributed by atoms with Crippen molar-refractivity contribution in [3.05, 3.63) is 34.9 Å². The average molecular weight is 207 g/mol. The van der Waals surface area contributed by atoms with Gasteiger partial charge in [-0.2, -0.15) is 0 Å². The second-order valence-electron chi connectivity index (χ2n) is 3.17. The molecule has 0 heterocycles. The zero-order chi connectivity index (χ0) is 11.4. The molecule has 4 nitrogen and oxygen atoms in total. The average Bonchev–Trinajstić information content (AvgIpc) is 2.17. The van der Waals surface area contributed by atoms with Crippen LogP contribution in [0.15, 0.2) is 18.2 Å². The number of carbonyl (C=O) groups is 2. The molecule has 1 aromatic carbocycles. The molecule has 0 radical (unpaired) electrons. The molecule has 0 aliphatic carbocycles. The third-order valence-electron chi connectivity index (χ3n) is 2.12. The number of carbonyl (C=O) groups excluding carboxylic acids is 2. The number of nitrogens with two attached hydrogens (primary N) is 1. The fourth-order valence-electron chi connectivity index (χ4n) is 1.31. The molecule has 2 N–H and O–H groups in total. The number of rotatable bonds is 2. The zero-order valence-corrected chi connectivity index (χ0v) is 8.74. The Morgan fingerprint density at radius 3 is 2.60 bits per heavy atom. The van der Waals surface area contributed by atoms with Gasteiger partial charge >= 0.3 is 11.9 Å². The van der Waals surface area contributed by atoms with E-state index in [-0.39, 0.29) is 0 Å². The Kier molecular flexibility index (Phi) is 3.57. The fraction of sp³-hybridized carbons (Fsp3) is 0.273. The lowest BCUT2D eigenvalue weighted by Gasteiger charge is -2.07. The summed E-state index contributed by atoms with van der Waals surface area (Å²) in [4.78, 5) is 22.1. The van der Waals surface area contributed by atoms with E-state index in [1.807, 2.05) is 6.07 Å². The standard InChI is InChI=1S/C11H13NO3/c1-7-9(6-12)4-3-5-10(7)11(14)15-8(2)13/h3-5H,6,12H2,1-2H3. The Hall–Kier alpha value is -1.68. The van der Waals surface area contributed by atoms with Gasteiger partial charge in [-0.1, -0.05) is 12.1 Å². The van der Waals surface area contributed by atoms with Gasteiger partial charge < -0.3 is 10.5 Å². The second kappa shape index (κ2) is 4.70. The van der Waals surface area contributed by atoms with Crippen LogP contribution in [0.5, 0.6) is 0 Å². The highest BCUT2D eigenvalue weighted by molar-refractivity contribution is 5.97. The van der Waals surface area contributed by atoms with Crippen molar-refractivity contribution in [2.24, 2.45) is 5.73 Å². The summed E-state index contributed by atoms with van der Waals surface area (Å²) in [7, 11) is 0. The first kappa shape index (κ1) is 11.4. The van der Waals surface area contributed by atoms with Crippen molar-refractivity contribution in [3.63, 3.8) is 0 Å². The topological polar surface area (TPSA) is 69.4 Å². The van der Waals surface area contributed by atoms with Gasteiger partial charge in [-0.3, -0.25) is 4.79 Å². The Morgan fingerprint density at radius 1 is 1.40 bits per heavy atom. The second-order valence-corrected chi connectivity index (χ2v) is 3.17.